The van der Waals surface area contributed by atoms with E-state index in [0.29, 0.717) is 11.3 Å². The van der Waals surface area contributed by atoms with Gasteiger partial charge in [-0.15, -0.1) is 0 Å². The minimum atomic E-state index is -3.77. The normalized spacial score (nSPS) is 13.2. The number of hydrogen-bond acceptors (Lipinski definition) is 4. The second kappa shape index (κ2) is 8.75. The smallest absolute Gasteiger partial charge is 0.243 e. The molecule has 0 saturated heterocycles. The molecule has 0 aromatic heterocycles. The van der Waals surface area contributed by atoms with Crippen LogP contribution in [0.25, 0.3) is 0 Å². The van der Waals surface area contributed by atoms with Gasteiger partial charge in [0.15, 0.2) is 0 Å². The lowest BCUT2D eigenvalue weighted by Gasteiger charge is -2.29. The number of sulfonamides is 1. The van der Waals surface area contributed by atoms with Gasteiger partial charge in [0.05, 0.1) is 18.0 Å². The molecule has 2 rings (SSSR count). The molecule has 152 valence electrons. The summed E-state index contributed by atoms with van der Waals surface area (Å²) >= 11 is 0. The Labute approximate surface area is 167 Å². The molecule has 0 bridgehead atoms. The van der Waals surface area contributed by atoms with Crippen LogP contribution in [-0.2, 0) is 14.8 Å². The molecule has 1 atom stereocenters. The fourth-order valence-electron chi connectivity index (χ4n) is 2.85. The van der Waals surface area contributed by atoms with Gasteiger partial charge in [0.25, 0.3) is 0 Å². The third-order valence-electron chi connectivity index (χ3n) is 4.25. The molecule has 0 aliphatic carbocycles. The minimum Gasteiger partial charge on any atom is -0.497 e. The molecule has 0 unspecified atom stereocenters. The molecule has 0 saturated carbocycles. The Morgan fingerprint density at radius 3 is 2.14 bits per heavy atom. The van der Waals surface area contributed by atoms with Gasteiger partial charge in [0, 0.05) is 19.0 Å². The van der Waals surface area contributed by atoms with Crippen LogP contribution in [0.4, 0.5) is 0 Å². The Bertz CT molecular complexity index is 888. The molecule has 6 nitrogen and oxygen atoms in total. The molecular weight excluding hydrogens is 376 g/mol. The Morgan fingerprint density at radius 1 is 1.07 bits per heavy atom. The maximum atomic E-state index is 13.1. The number of carbonyl (C=O) groups excluding carboxylic acids is 1. The molecule has 0 fully saturated rings. The predicted octanol–water partition coefficient (Wildman–Crippen LogP) is 3.36. The van der Waals surface area contributed by atoms with Crippen LogP contribution in [0.5, 0.6) is 5.75 Å². The Hall–Kier alpha value is -2.38. The molecule has 2 aromatic rings. The lowest BCUT2D eigenvalue weighted by molar-refractivity contribution is -0.123. The number of nitrogens with one attached hydrogen (secondary N) is 1. The number of nitrogens with zero attached hydrogens (tertiary/aromatic N) is 1. The number of benzene rings is 2. The predicted molar refractivity (Wildman–Crippen MR) is 110 cm³/mol. The van der Waals surface area contributed by atoms with Gasteiger partial charge in [0.1, 0.15) is 5.75 Å². The summed E-state index contributed by atoms with van der Waals surface area (Å²) in [7, 11) is -0.703. The number of carbonyl (C=O) groups is 1. The van der Waals surface area contributed by atoms with Crippen LogP contribution in [-0.4, -0.2) is 38.3 Å². The molecule has 7 heteroatoms. The van der Waals surface area contributed by atoms with E-state index in [1.54, 1.807) is 61.7 Å². The quantitative estimate of drug-likeness (QED) is 0.768. The Morgan fingerprint density at radius 2 is 1.64 bits per heavy atom. The van der Waals surface area contributed by atoms with E-state index in [1.165, 1.54) is 11.4 Å². The zero-order chi connectivity index (χ0) is 20.9. The average Bonchev–Trinajstić information content (AvgIpc) is 2.65. The maximum Gasteiger partial charge on any atom is 0.243 e. The Balaban J connectivity index is 2.40. The first-order chi connectivity index (χ1) is 13.0. The second-order valence-electron chi connectivity index (χ2n) is 7.63. The summed E-state index contributed by atoms with van der Waals surface area (Å²) in [6.07, 6.45) is 0.00611. The summed E-state index contributed by atoms with van der Waals surface area (Å²) in [5, 5.41) is 2.90. The maximum absolute atomic E-state index is 13.1. The van der Waals surface area contributed by atoms with Crippen molar-refractivity contribution in [1.82, 2.24) is 9.62 Å². The van der Waals surface area contributed by atoms with Gasteiger partial charge in [-0.3, -0.25) is 4.79 Å². The summed E-state index contributed by atoms with van der Waals surface area (Å²) in [4.78, 5) is 12.8. The van der Waals surface area contributed by atoms with Crippen molar-refractivity contribution < 1.29 is 17.9 Å². The highest BCUT2D eigenvalue weighted by atomic mass is 32.2. The highest BCUT2D eigenvalue weighted by molar-refractivity contribution is 7.89. The van der Waals surface area contributed by atoms with E-state index in [0.717, 1.165) is 0 Å². The van der Waals surface area contributed by atoms with Crippen LogP contribution in [0, 0.1) is 0 Å². The van der Waals surface area contributed by atoms with Crippen molar-refractivity contribution in [3.05, 3.63) is 60.2 Å². The topological polar surface area (TPSA) is 75.7 Å². The number of methoxy groups -OCH3 is 1. The fourth-order valence-corrected chi connectivity index (χ4v) is 4.22. The average molecular weight is 405 g/mol. The van der Waals surface area contributed by atoms with Gasteiger partial charge in [0.2, 0.25) is 15.9 Å². The van der Waals surface area contributed by atoms with Crippen LogP contribution in [0.1, 0.15) is 38.8 Å². The summed E-state index contributed by atoms with van der Waals surface area (Å²) < 4.78 is 32.7. The van der Waals surface area contributed by atoms with Crippen molar-refractivity contribution in [2.75, 3.05) is 14.2 Å². The molecule has 28 heavy (non-hydrogen) atoms. The van der Waals surface area contributed by atoms with Crippen LogP contribution in [0.2, 0.25) is 0 Å². The largest absolute Gasteiger partial charge is 0.497 e. The highest BCUT2D eigenvalue weighted by Crippen LogP contribution is 2.30. The van der Waals surface area contributed by atoms with Crippen molar-refractivity contribution in [2.24, 2.45) is 0 Å². The van der Waals surface area contributed by atoms with Crippen molar-refractivity contribution in [2.45, 2.75) is 43.7 Å². The van der Waals surface area contributed by atoms with E-state index in [2.05, 4.69) is 5.32 Å². The Kier molecular flexibility index (Phi) is 6.85. The molecule has 0 radical (unpaired) electrons. The SMILES string of the molecule is COc1ccc([C@@H](CC(=O)NC(C)(C)C)N(C)S(=O)(=O)c2ccccc2)cc1. The fraction of sp³-hybridized carbons (Fsp3) is 0.381. The molecular formula is C21H28N2O4S. The summed E-state index contributed by atoms with van der Waals surface area (Å²) in [5.74, 6) is 0.443. The molecule has 0 aliphatic heterocycles. The van der Waals surface area contributed by atoms with Gasteiger partial charge in [-0.1, -0.05) is 30.3 Å². The minimum absolute atomic E-state index is 0.00611. The summed E-state index contributed by atoms with van der Waals surface area (Å²) in [5.41, 5.74) is 0.310. The van der Waals surface area contributed by atoms with Crippen LogP contribution < -0.4 is 10.1 Å². The van der Waals surface area contributed by atoms with Gasteiger partial charge >= 0.3 is 0 Å². The van der Waals surface area contributed by atoms with Crippen molar-refractivity contribution >= 4 is 15.9 Å². The molecule has 0 aliphatic rings. The van der Waals surface area contributed by atoms with E-state index < -0.39 is 21.6 Å². The van der Waals surface area contributed by atoms with E-state index >= 15 is 0 Å². The number of ether oxygens (including phenoxy) is 1. The number of amides is 1. The second-order valence-corrected chi connectivity index (χ2v) is 9.62. The van der Waals surface area contributed by atoms with E-state index in [1.807, 2.05) is 20.8 Å². The van der Waals surface area contributed by atoms with Crippen LogP contribution in [0.15, 0.2) is 59.5 Å². The van der Waals surface area contributed by atoms with Gasteiger partial charge in [-0.05, 0) is 50.6 Å². The molecule has 2 aromatic carbocycles. The highest BCUT2D eigenvalue weighted by Gasteiger charge is 2.31. The summed E-state index contributed by atoms with van der Waals surface area (Å²) in [6.45, 7) is 5.66. The third kappa shape index (κ3) is 5.56. The van der Waals surface area contributed by atoms with Gasteiger partial charge in [-0.25, -0.2) is 8.42 Å². The summed E-state index contributed by atoms with van der Waals surface area (Å²) in [6, 6.07) is 14.6. The lowest BCUT2D eigenvalue weighted by Crippen LogP contribution is -2.43. The first-order valence-corrected chi connectivity index (χ1v) is 10.5. The molecule has 0 heterocycles. The molecule has 1 N–H and O–H groups in total. The third-order valence-corrected chi connectivity index (χ3v) is 6.13. The number of rotatable bonds is 7. The van der Waals surface area contributed by atoms with Crippen molar-refractivity contribution in [3.63, 3.8) is 0 Å². The lowest BCUT2D eigenvalue weighted by atomic mass is 10.0. The molecule has 1 amide bonds. The van der Waals surface area contributed by atoms with E-state index in [9.17, 15) is 13.2 Å². The van der Waals surface area contributed by atoms with E-state index in [-0.39, 0.29) is 17.2 Å². The molecule has 0 spiro atoms. The standard InChI is InChI=1S/C21H28N2O4S/c1-21(2,3)22-20(24)15-19(16-11-13-17(27-5)14-12-16)23(4)28(25,26)18-9-7-6-8-10-18/h6-14,19H,15H2,1-5H3,(H,22,24)/t19-/m1/s1. The van der Waals surface area contributed by atoms with Crippen LogP contribution >= 0.6 is 0 Å². The first kappa shape index (κ1) is 21.9. The zero-order valence-electron chi connectivity index (χ0n) is 17.0. The van der Waals surface area contributed by atoms with Gasteiger partial charge in [-0.2, -0.15) is 4.31 Å². The van der Waals surface area contributed by atoms with Crippen molar-refractivity contribution in [1.29, 1.82) is 0 Å². The first-order valence-electron chi connectivity index (χ1n) is 9.02. The van der Waals surface area contributed by atoms with E-state index in [4.69, 9.17) is 4.74 Å². The van der Waals surface area contributed by atoms with Crippen molar-refractivity contribution in [3.8, 4) is 5.75 Å². The van der Waals surface area contributed by atoms with Gasteiger partial charge < -0.3 is 10.1 Å². The van der Waals surface area contributed by atoms with Crippen LogP contribution in [0.3, 0.4) is 0 Å². The zero-order valence-corrected chi connectivity index (χ0v) is 17.8. The monoisotopic (exact) mass is 404 g/mol. The number of hydrogen-bond donors (Lipinski definition) is 1.